The maximum absolute atomic E-state index is 10.1. The molecule has 2 heteroatoms. The van der Waals surface area contributed by atoms with Gasteiger partial charge < -0.3 is 9.90 Å². The summed E-state index contributed by atoms with van der Waals surface area (Å²) in [6.07, 6.45) is 2.85. The second-order valence-electron chi connectivity index (χ2n) is 4.59. The number of carbonyl (C=O) groups excluding carboxylic acids is 1. The zero-order chi connectivity index (χ0) is 10.9. The van der Waals surface area contributed by atoms with E-state index in [-0.39, 0.29) is 6.61 Å². The van der Waals surface area contributed by atoms with Crippen LogP contribution < -0.4 is 0 Å². The van der Waals surface area contributed by atoms with Crippen molar-refractivity contribution in [2.75, 3.05) is 6.61 Å². The predicted molar refractivity (Wildman–Crippen MR) is 56.7 cm³/mol. The summed E-state index contributed by atoms with van der Waals surface area (Å²) in [5.74, 6) is 0.539. The standard InChI is InChI=1S/C9H18O.C2H6O/c1-8(5-6-10)7-9(2,3)4;1-2-3/h6,8H,5,7H2,1-4H3;3H,2H2,1H3. The zero-order valence-electron chi connectivity index (χ0n) is 9.63. The minimum Gasteiger partial charge on any atom is -0.397 e. The molecule has 80 valence electrons. The lowest BCUT2D eigenvalue weighted by Crippen LogP contribution is -2.11. The fourth-order valence-electron chi connectivity index (χ4n) is 1.29. The lowest BCUT2D eigenvalue weighted by molar-refractivity contribution is -0.108. The maximum atomic E-state index is 10.1. The summed E-state index contributed by atoms with van der Waals surface area (Å²) in [7, 11) is 0. The molecule has 0 aliphatic rings. The van der Waals surface area contributed by atoms with E-state index in [0.29, 0.717) is 17.8 Å². The van der Waals surface area contributed by atoms with Crippen LogP contribution >= 0.6 is 0 Å². The molecule has 0 fully saturated rings. The number of aliphatic hydroxyl groups is 1. The Morgan fingerprint density at radius 3 is 2.00 bits per heavy atom. The molecular weight excluding hydrogens is 164 g/mol. The third-order valence-electron chi connectivity index (χ3n) is 1.46. The minimum atomic E-state index is 0.250. The first-order valence-corrected chi connectivity index (χ1v) is 4.91. The summed E-state index contributed by atoms with van der Waals surface area (Å²) in [5, 5.41) is 7.57. The second-order valence-corrected chi connectivity index (χ2v) is 4.59. The molecule has 0 aliphatic carbocycles. The quantitative estimate of drug-likeness (QED) is 0.691. The molecule has 0 saturated carbocycles. The van der Waals surface area contributed by atoms with Gasteiger partial charge in [-0.1, -0.05) is 27.7 Å². The summed E-state index contributed by atoms with van der Waals surface area (Å²) in [4.78, 5) is 10.1. The first-order chi connectivity index (χ1) is 5.87. The van der Waals surface area contributed by atoms with Gasteiger partial charge in [0.25, 0.3) is 0 Å². The van der Waals surface area contributed by atoms with Gasteiger partial charge in [-0.25, -0.2) is 0 Å². The van der Waals surface area contributed by atoms with E-state index in [1.165, 1.54) is 0 Å². The van der Waals surface area contributed by atoms with Crippen LogP contribution in [0.4, 0.5) is 0 Å². The Morgan fingerprint density at radius 1 is 1.38 bits per heavy atom. The maximum Gasteiger partial charge on any atom is 0.120 e. The monoisotopic (exact) mass is 188 g/mol. The van der Waals surface area contributed by atoms with E-state index < -0.39 is 0 Å². The van der Waals surface area contributed by atoms with E-state index in [1.807, 2.05) is 0 Å². The molecule has 13 heavy (non-hydrogen) atoms. The van der Waals surface area contributed by atoms with Gasteiger partial charge in [-0.2, -0.15) is 0 Å². The van der Waals surface area contributed by atoms with E-state index in [0.717, 1.165) is 12.7 Å². The van der Waals surface area contributed by atoms with Crippen molar-refractivity contribution in [2.45, 2.75) is 47.5 Å². The third kappa shape index (κ3) is 18.5. The normalized spacial score (nSPS) is 12.8. The first-order valence-electron chi connectivity index (χ1n) is 4.91. The molecule has 0 aromatic carbocycles. The molecule has 0 aliphatic heterocycles. The first kappa shape index (κ1) is 15.1. The molecule has 1 unspecified atom stereocenters. The van der Waals surface area contributed by atoms with Crippen molar-refractivity contribution >= 4 is 6.29 Å². The van der Waals surface area contributed by atoms with Gasteiger partial charge in [-0.3, -0.25) is 0 Å². The molecule has 0 heterocycles. The zero-order valence-corrected chi connectivity index (χ0v) is 9.63. The van der Waals surface area contributed by atoms with Crippen molar-refractivity contribution in [3.63, 3.8) is 0 Å². The van der Waals surface area contributed by atoms with Crippen LogP contribution in [0, 0.1) is 11.3 Å². The summed E-state index contributed by atoms with van der Waals surface area (Å²) in [6.45, 7) is 10.7. The highest BCUT2D eigenvalue weighted by atomic mass is 16.2. The van der Waals surface area contributed by atoms with Crippen molar-refractivity contribution in [1.29, 1.82) is 0 Å². The fourth-order valence-corrected chi connectivity index (χ4v) is 1.29. The molecule has 0 bridgehead atoms. The molecule has 0 saturated heterocycles. The molecule has 0 radical (unpaired) electrons. The van der Waals surface area contributed by atoms with Crippen molar-refractivity contribution in [2.24, 2.45) is 11.3 Å². The van der Waals surface area contributed by atoms with Crippen LogP contribution in [0.1, 0.15) is 47.5 Å². The Kier molecular flexibility index (Phi) is 9.58. The van der Waals surface area contributed by atoms with Gasteiger partial charge in [-0.05, 0) is 24.7 Å². The highest BCUT2D eigenvalue weighted by molar-refractivity contribution is 5.49. The number of aliphatic hydroxyl groups excluding tert-OH is 1. The average molecular weight is 188 g/mol. The van der Waals surface area contributed by atoms with Gasteiger partial charge in [0.05, 0.1) is 0 Å². The number of hydrogen-bond donors (Lipinski definition) is 1. The molecule has 2 nitrogen and oxygen atoms in total. The van der Waals surface area contributed by atoms with E-state index in [4.69, 9.17) is 5.11 Å². The van der Waals surface area contributed by atoms with E-state index in [2.05, 4.69) is 27.7 Å². The van der Waals surface area contributed by atoms with Gasteiger partial charge in [0.2, 0.25) is 0 Å². The van der Waals surface area contributed by atoms with Crippen molar-refractivity contribution in [3.8, 4) is 0 Å². The smallest absolute Gasteiger partial charge is 0.120 e. The summed E-state index contributed by atoms with van der Waals surface area (Å²) < 4.78 is 0. The fraction of sp³-hybridized carbons (Fsp3) is 0.909. The molecule has 0 aromatic heterocycles. The third-order valence-corrected chi connectivity index (χ3v) is 1.46. The minimum absolute atomic E-state index is 0.250. The Morgan fingerprint density at radius 2 is 1.77 bits per heavy atom. The van der Waals surface area contributed by atoms with Crippen molar-refractivity contribution in [3.05, 3.63) is 0 Å². The predicted octanol–water partition coefficient (Wildman–Crippen LogP) is 2.65. The lowest BCUT2D eigenvalue weighted by Gasteiger charge is -2.21. The summed E-state index contributed by atoms with van der Waals surface area (Å²) in [6, 6.07) is 0. The molecule has 1 N–H and O–H groups in total. The molecule has 0 amide bonds. The van der Waals surface area contributed by atoms with Gasteiger partial charge in [0.15, 0.2) is 0 Å². The van der Waals surface area contributed by atoms with Crippen LogP contribution in [0.25, 0.3) is 0 Å². The average Bonchev–Trinajstić information content (AvgIpc) is 1.84. The molecule has 0 rings (SSSR count). The van der Waals surface area contributed by atoms with Crippen molar-refractivity contribution in [1.82, 2.24) is 0 Å². The van der Waals surface area contributed by atoms with Crippen LogP contribution in [0.2, 0.25) is 0 Å². The van der Waals surface area contributed by atoms with Crippen LogP contribution in [-0.4, -0.2) is 18.0 Å². The molecule has 0 aromatic rings. The lowest BCUT2D eigenvalue weighted by atomic mass is 9.84. The van der Waals surface area contributed by atoms with Crippen LogP contribution in [0.3, 0.4) is 0 Å². The van der Waals surface area contributed by atoms with Crippen LogP contribution in [0.5, 0.6) is 0 Å². The van der Waals surface area contributed by atoms with E-state index in [1.54, 1.807) is 6.92 Å². The number of aldehydes is 1. The van der Waals surface area contributed by atoms with E-state index in [9.17, 15) is 4.79 Å². The van der Waals surface area contributed by atoms with Crippen LogP contribution in [-0.2, 0) is 4.79 Å². The number of hydrogen-bond acceptors (Lipinski definition) is 2. The Balaban J connectivity index is 0. The van der Waals surface area contributed by atoms with E-state index >= 15 is 0 Å². The Bertz CT molecular complexity index is 114. The summed E-state index contributed by atoms with van der Waals surface area (Å²) in [5.41, 5.74) is 0.364. The highest BCUT2D eigenvalue weighted by Crippen LogP contribution is 2.24. The SMILES string of the molecule is CC(CC=O)CC(C)(C)C.CCO. The highest BCUT2D eigenvalue weighted by Gasteiger charge is 2.14. The number of rotatable bonds is 3. The van der Waals surface area contributed by atoms with Crippen LogP contribution in [0.15, 0.2) is 0 Å². The van der Waals surface area contributed by atoms with Crippen molar-refractivity contribution < 1.29 is 9.90 Å². The summed E-state index contributed by atoms with van der Waals surface area (Å²) >= 11 is 0. The Hall–Kier alpha value is -0.370. The van der Waals surface area contributed by atoms with Gasteiger partial charge in [0, 0.05) is 13.0 Å². The molecular formula is C11H24O2. The molecule has 1 atom stereocenters. The topological polar surface area (TPSA) is 37.3 Å². The number of carbonyl (C=O) groups is 1. The Labute approximate surface area is 82.4 Å². The van der Waals surface area contributed by atoms with Gasteiger partial charge in [0.1, 0.15) is 6.29 Å². The molecule has 0 spiro atoms. The largest absolute Gasteiger partial charge is 0.397 e. The second kappa shape index (κ2) is 8.24. The van der Waals surface area contributed by atoms with Gasteiger partial charge >= 0.3 is 0 Å². The van der Waals surface area contributed by atoms with Gasteiger partial charge in [-0.15, -0.1) is 0 Å².